The molecule has 0 atom stereocenters. The first-order chi connectivity index (χ1) is 13.5. The monoisotopic (exact) mass is 405 g/mol. The SMILES string of the molecule is CCOC(=O)c1c(NC(=O)CCn2nccc2C(=O)O)sc2c1CCCCC2. The first-order valence-corrected chi connectivity index (χ1v) is 10.2. The molecule has 3 rings (SSSR count). The first kappa shape index (κ1) is 20.1. The number of amides is 1. The number of hydrogen-bond donors (Lipinski definition) is 2. The van der Waals surface area contributed by atoms with Crippen LogP contribution in [0.4, 0.5) is 5.00 Å². The third-order valence-electron chi connectivity index (χ3n) is 4.64. The number of hydrogen-bond acceptors (Lipinski definition) is 6. The van der Waals surface area contributed by atoms with Crippen molar-refractivity contribution in [1.29, 1.82) is 0 Å². The maximum atomic E-state index is 12.5. The van der Waals surface area contributed by atoms with Crippen LogP contribution in [0.5, 0.6) is 0 Å². The summed E-state index contributed by atoms with van der Waals surface area (Å²) in [6.45, 7) is 2.17. The summed E-state index contributed by atoms with van der Waals surface area (Å²) in [5.74, 6) is -1.80. The molecule has 0 fully saturated rings. The molecule has 28 heavy (non-hydrogen) atoms. The lowest BCUT2D eigenvalue weighted by Crippen LogP contribution is -2.18. The van der Waals surface area contributed by atoms with Crippen molar-refractivity contribution in [1.82, 2.24) is 9.78 Å². The van der Waals surface area contributed by atoms with Crippen LogP contribution >= 0.6 is 11.3 Å². The summed E-state index contributed by atoms with van der Waals surface area (Å²) < 4.78 is 6.49. The van der Waals surface area contributed by atoms with Gasteiger partial charge in [-0.1, -0.05) is 6.42 Å². The maximum Gasteiger partial charge on any atom is 0.354 e. The van der Waals surface area contributed by atoms with Gasteiger partial charge in [0.25, 0.3) is 0 Å². The number of ether oxygens (including phenoxy) is 1. The Morgan fingerprint density at radius 2 is 2.07 bits per heavy atom. The lowest BCUT2D eigenvalue weighted by molar-refractivity contribution is -0.116. The fraction of sp³-hybridized carbons (Fsp3) is 0.474. The van der Waals surface area contributed by atoms with E-state index in [1.807, 2.05) is 0 Å². The molecule has 2 N–H and O–H groups in total. The van der Waals surface area contributed by atoms with Gasteiger partial charge in [0.1, 0.15) is 10.7 Å². The number of rotatable bonds is 7. The molecule has 2 heterocycles. The summed E-state index contributed by atoms with van der Waals surface area (Å²) in [5, 5.41) is 16.4. The first-order valence-electron chi connectivity index (χ1n) is 9.37. The van der Waals surface area contributed by atoms with Crippen LogP contribution < -0.4 is 5.32 Å². The van der Waals surface area contributed by atoms with Crippen LogP contribution in [0, 0.1) is 0 Å². The predicted octanol–water partition coefficient (Wildman–Crippen LogP) is 3.12. The zero-order chi connectivity index (χ0) is 20.1. The molecule has 8 nitrogen and oxygen atoms in total. The molecular weight excluding hydrogens is 382 g/mol. The van der Waals surface area contributed by atoms with Crippen LogP contribution in [0.25, 0.3) is 0 Å². The van der Waals surface area contributed by atoms with E-state index >= 15 is 0 Å². The number of fused-ring (bicyclic) bond motifs is 1. The van der Waals surface area contributed by atoms with Gasteiger partial charge >= 0.3 is 11.9 Å². The van der Waals surface area contributed by atoms with Gasteiger partial charge in [-0.3, -0.25) is 9.48 Å². The van der Waals surface area contributed by atoms with Gasteiger partial charge in [0.15, 0.2) is 0 Å². The van der Waals surface area contributed by atoms with Crippen LogP contribution in [0.2, 0.25) is 0 Å². The second-order valence-corrected chi connectivity index (χ2v) is 7.64. The van der Waals surface area contributed by atoms with Crippen molar-refractivity contribution in [2.75, 3.05) is 11.9 Å². The van der Waals surface area contributed by atoms with Gasteiger partial charge in [-0.05, 0) is 44.2 Å². The molecule has 2 aromatic heterocycles. The van der Waals surface area contributed by atoms with Crippen molar-refractivity contribution >= 4 is 34.2 Å². The molecule has 0 unspecified atom stereocenters. The van der Waals surface area contributed by atoms with E-state index < -0.39 is 11.9 Å². The Morgan fingerprint density at radius 3 is 2.82 bits per heavy atom. The molecular formula is C19H23N3O5S. The van der Waals surface area contributed by atoms with Gasteiger partial charge in [0.05, 0.1) is 18.7 Å². The highest BCUT2D eigenvalue weighted by Crippen LogP contribution is 2.38. The summed E-state index contributed by atoms with van der Waals surface area (Å²) in [6, 6.07) is 1.38. The number of carbonyl (C=O) groups excluding carboxylic acids is 2. The Bertz CT molecular complexity index is 886. The molecule has 0 spiro atoms. The summed E-state index contributed by atoms with van der Waals surface area (Å²) >= 11 is 1.44. The van der Waals surface area contributed by atoms with E-state index in [0.717, 1.165) is 42.5 Å². The maximum absolute atomic E-state index is 12.5. The van der Waals surface area contributed by atoms with Crippen molar-refractivity contribution in [2.24, 2.45) is 0 Å². The minimum Gasteiger partial charge on any atom is -0.477 e. The fourth-order valence-electron chi connectivity index (χ4n) is 3.34. The Morgan fingerprint density at radius 1 is 1.29 bits per heavy atom. The Kier molecular flexibility index (Phi) is 6.45. The van der Waals surface area contributed by atoms with Gasteiger partial charge in [0, 0.05) is 17.5 Å². The molecule has 0 saturated heterocycles. The number of carboxylic acids is 1. The average Bonchev–Trinajstić information content (AvgIpc) is 3.18. The molecule has 150 valence electrons. The molecule has 0 aliphatic heterocycles. The van der Waals surface area contributed by atoms with Crippen LogP contribution in [0.15, 0.2) is 12.3 Å². The van der Waals surface area contributed by atoms with Crippen LogP contribution in [-0.2, 0) is 28.9 Å². The number of carbonyl (C=O) groups is 3. The van der Waals surface area contributed by atoms with E-state index in [1.165, 1.54) is 28.3 Å². The smallest absolute Gasteiger partial charge is 0.354 e. The predicted molar refractivity (Wildman–Crippen MR) is 104 cm³/mol. The van der Waals surface area contributed by atoms with Gasteiger partial charge in [-0.25, -0.2) is 9.59 Å². The summed E-state index contributed by atoms with van der Waals surface area (Å²) in [4.78, 5) is 37.2. The molecule has 0 saturated carbocycles. The standard InChI is InChI=1S/C19H23N3O5S/c1-2-27-19(26)16-12-6-4-3-5-7-14(12)28-17(16)21-15(23)9-11-22-13(18(24)25)8-10-20-22/h8,10H,2-7,9,11H2,1H3,(H,21,23)(H,24,25). The number of nitrogens with zero attached hydrogens (tertiary/aromatic N) is 2. The van der Waals surface area contributed by atoms with E-state index in [0.29, 0.717) is 10.6 Å². The number of aromatic carboxylic acids is 1. The molecule has 1 aliphatic carbocycles. The molecule has 9 heteroatoms. The van der Waals surface area contributed by atoms with E-state index in [4.69, 9.17) is 9.84 Å². The topological polar surface area (TPSA) is 111 Å². The van der Waals surface area contributed by atoms with Crippen molar-refractivity contribution in [3.63, 3.8) is 0 Å². The van der Waals surface area contributed by atoms with Crippen LogP contribution in [-0.4, -0.2) is 39.3 Å². The van der Waals surface area contributed by atoms with Gasteiger partial charge in [0.2, 0.25) is 5.91 Å². The summed E-state index contributed by atoms with van der Waals surface area (Å²) in [6.07, 6.45) is 6.36. The highest BCUT2D eigenvalue weighted by atomic mass is 32.1. The highest BCUT2D eigenvalue weighted by Gasteiger charge is 2.26. The van der Waals surface area contributed by atoms with E-state index in [-0.39, 0.29) is 31.2 Å². The van der Waals surface area contributed by atoms with E-state index in [1.54, 1.807) is 6.92 Å². The average molecular weight is 405 g/mol. The zero-order valence-corrected chi connectivity index (χ0v) is 16.5. The molecule has 0 radical (unpaired) electrons. The van der Waals surface area contributed by atoms with Crippen molar-refractivity contribution in [2.45, 2.75) is 52.0 Å². The number of aromatic nitrogens is 2. The second-order valence-electron chi connectivity index (χ2n) is 6.53. The Balaban J connectivity index is 1.75. The number of carboxylic acid groups (broad SMARTS) is 1. The minimum atomic E-state index is -1.09. The lowest BCUT2D eigenvalue weighted by Gasteiger charge is -2.09. The van der Waals surface area contributed by atoms with Gasteiger partial charge < -0.3 is 15.2 Å². The minimum absolute atomic E-state index is 0.0304. The van der Waals surface area contributed by atoms with Gasteiger partial charge in [-0.15, -0.1) is 11.3 Å². The fourth-order valence-corrected chi connectivity index (χ4v) is 4.63. The Hall–Kier alpha value is -2.68. The molecule has 0 aromatic carbocycles. The van der Waals surface area contributed by atoms with Crippen molar-refractivity contribution in [3.05, 3.63) is 34.0 Å². The van der Waals surface area contributed by atoms with Crippen molar-refractivity contribution < 1.29 is 24.2 Å². The largest absolute Gasteiger partial charge is 0.477 e. The van der Waals surface area contributed by atoms with Crippen molar-refractivity contribution in [3.8, 4) is 0 Å². The summed E-state index contributed by atoms with van der Waals surface area (Å²) in [7, 11) is 0. The number of anilines is 1. The third kappa shape index (κ3) is 4.41. The lowest BCUT2D eigenvalue weighted by atomic mass is 10.1. The molecule has 1 amide bonds. The third-order valence-corrected chi connectivity index (χ3v) is 5.85. The Labute approximate surface area is 166 Å². The van der Waals surface area contributed by atoms with E-state index in [9.17, 15) is 14.4 Å². The van der Waals surface area contributed by atoms with Gasteiger partial charge in [-0.2, -0.15) is 5.10 Å². The van der Waals surface area contributed by atoms with Crippen LogP contribution in [0.1, 0.15) is 63.9 Å². The number of nitrogens with one attached hydrogen (secondary N) is 1. The zero-order valence-electron chi connectivity index (χ0n) is 15.7. The number of thiophene rings is 1. The second kappa shape index (κ2) is 9.01. The summed E-state index contributed by atoms with van der Waals surface area (Å²) in [5.41, 5.74) is 1.50. The normalized spacial score (nSPS) is 13.5. The quantitative estimate of drug-likeness (QED) is 0.541. The number of esters is 1. The van der Waals surface area contributed by atoms with E-state index in [2.05, 4.69) is 10.4 Å². The highest BCUT2D eigenvalue weighted by molar-refractivity contribution is 7.17. The molecule has 2 aromatic rings. The molecule has 0 bridgehead atoms. The number of aryl methyl sites for hydroxylation is 2. The molecule has 1 aliphatic rings. The van der Waals surface area contributed by atoms with Crippen LogP contribution in [0.3, 0.4) is 0 Å².